The quantitative estimate of drug-likeness (QED) is 0.638. The number of nitrogens with one attached hydrogen (secondary N) is 1. The fraction of sp³-hybridized carbons (Fsp3) is 0.259. The molecule has 4 nitrogen and oxygen atoms in total. The summed E-state index contributed by atoms with van der Waals surface area (Å²) < 4.78 is 13.5. The third-order valence-electron chi connectivity index (χ3n) is 6.00. The molecule has 3 aromatic carbocycles. The van der Waals surface area contributed by atoms with Gasteiger partial charge in [0, 0.05) is 31.1 Å². The molecule has 0 radical (unpaired) electrons. The highest BCUT2D eigenvalue weighted by Crippen LogP contribution is 2.32. The Morgan fingerprint density at radius 3 is 2.50 bits per heavy atom. The van der Waals surface area contributed by atoms with E-state index in [-0.39, 0.29) is 36.0 Å². The molecule has 5 heteroatoms. The highest BCUT2D eigenvalue weighted by Gasteiger charge is 2.34. The van der Waals surface area contributed by atoms with Gasteiger partial charge >= 0.3 is 0 Å². The Hall–Kier alpha value is -3.47. The molecule has 0 aromatic heterocycles. The van der Waals surface area contributed by atoms with E-state index in [1.165, 1.54) is 12.1 Å². The fourth-order valence-corrected chi connectivity index (χ4v) is 4.36. The van der Waals surface area contributed by atoms with Crippen LogP contribution in [-0.2, 0) is 11.3 Å². The molecule has 1 aliphatic heterocycles. The van der Waals surface area contributed by atoms with Crippen molar-refractivity contribution in [3.8, 4) is 0 Å². The van der Waals surface area contributed by atoms with Crippen molar-refractivity contribution >= 4 is 11.8 Å². The van der Waals surface area contributed by atoms with Gasteiger partial charge in [-0.2, -0.15) is 0 Å². The minimum absolute atomic E-state index is 0.0640. The lowest BCUT2D eigenvalue weighted by Crippen LogP contribution is -2.48. The summed E-state index contributed by atoms with van der Waals surface area (Å²) in [6.07, 6.45) is 0.664. The Kier molecular flexibility index (Phi) is 6.64. The van der Waals surface area contributed by atoms with E-state index in [2.05, 4.69) is 17.4 Å². The molecule has 32 heavy (non-hydrogen) atoms. The van der Waals surface area contributed by atoms with Gasteiger partial charge in [0.1, 0.15) is 5.82 Å². The summed E-state index contributed by atoms with van der Waals surface area (Å²) in [7, 11) is 0. The van der Waals surface area contributed by atoms with Crippen LogP contribution >= 0.6 is 0 Å². The second kappa shape index (κ2) is 9.77. The number of nitrogens with zero attached hydrogens (tertiary/aromatic N) is 1. The Morgan fingerprint density at radius 2 is 1.75 bits per heavy atom. The van der Waals surface area contributed by atoms with Gasteiger partial charge in [-0.25, -0.2) is 4.39 Å². The monoisotopic (exact) mass is 430 g/mol. The van der Waals surface area contributed by atoms with Gasteiger partial charge in [-0.05, 0) is 48.7 Å². The minimum atomic E-state index is -0.338. The molecule has 1 saturated heterocycles. The number of hydrogen-bond donors (Lipinski definition) is 1. The second-order valence-electron chi connectivity index (χ2n) is 8.47. The van der Waals surface area contributed by atoms with Gasteiger partial charge in [-0.3, -0.25) is 9.59 Å². The molecule has 164 valence electrons. The number of hydrogen-bond acceptors (Lipinski definition) is 2. The zero-order chi connectivity index (χ0) is 22.5. The van der Waals surface area contributed by atoms with E-state index in [0.717, 1.165) is 11.1 Å². The predicted molar refractivity (Wildman–Crippen MR) is 123 cm³/mol. The lowest BCUT2D eigenvalue weighted by Gasteiger charge is -2.37. The van der Waals surface area contributed by atoms with Crippen LogP contribution in [-0.4, -0.2) is 29.8 Å². The summed E-state index contributed by atoms with van der Waals surface area (Å²) in [6, 6.07) is 23.6. The van der Waals surface area contributed by atoms with Crippen molar-refractivity contribution in [2.75, 3.05) is 13.1 Å². The first-order chi connectivity index (χ1) is 15.5. The van der Waals surface area contributed by atoms with Crippen LogP contribution in [0.2, 0.25) is 0 Å². The number of carbonyl (C=O) groups is 2. The Labute approximate surface area is 188 Å². The number of halogens is 1. The minimum Gasteiger partial charge on any atom is -0.352 e. The maximum absolute atomic E-state index is 13.5. The van der Waals surface area contributed by atoms with E-state index < -0.39 is 0 Å². The molecule has 2 unspecified atom stereocenters. The number of benzene rings is 3. The molecule has 0 saturated carbocycles. The summed E-state index contributed by atoms with van der Waals surface area (Å²) in [5, 5.41) is 2.93. The van der Waals surface area contributed by atoms with Crippen molar-refractivity contribution in [1.82, 2.24) is 10.2 Å². The average molecular weight is 431 g/mol. The molecule has 1 N–H and O–H groups in total. The molecule has 0 spiro atoms. The van der Waals surface area contributed by atoms with E-state index in [9.17, 15) is 14.0 Å². The molecule has 4 rings (SSSR count). The standard InChI is InChI=1S/C27H27FN2O2/c1-19-7-5-11-22(13-19)23-15-24(26(31)29-16-20-8-6-12-25(28)14-20)18-30(17-23)27(32)21-9-3-2-4-10-21/h2-14,23-24H,15-18H2,1H3,(H,29,31). The van der Waals surface area contributed by atoms with Crippen LogP contribution in [0.5, 0.6) is 0 Å². The predicted octanol–water partition coefficient (Wildman–Crippen LogP) is 4.70. The van der Waals surface area contributed by atoms with Gasteiger partial charge in [-0.15, -0.1) is 0 Å². The molecule has 3 aromatic rings. The first-order valence-electron chi connectivity index (χ1n) is 10.9. The first kappa shape index (κ1) is 21.8. The number of carbonyl (C=O) groups excluding carboxylic acids is 2. The van der Waals surface area contributed by atoms with E-state index >= 15 is 0 Å². The van der Waals surface area contributed by atoms with Crippen molar-refractivity contribution in [2.24, 2.45) is 5.92 Å². The number of rotatable bonds is 5. The average Bonchev–Trinajstić information content (AvgIpc) is 2.82. The Bertz CT molecular complexity index is 1100. The normalized spacial score (nSPS) is 18.2. The van der Waals surface area contributed by atoms with E-state index in [1.54, 1.807) is 29.2 Å². The van der Waals surface area contributed by atoms with E-state index in [4.69, 9.17) is 0 Å². The second-order valence-corrected chi connectivity index (χ2v) is 8.47. The van der Waals surface area contributed by atoms with Gasteiger partial charge in [0.25, 0.3) is 5.91 Å². The molecule has 0 aliphatic carbocycles. The number of likely N-dealkylation sites (tertiary alicyclic amines) is 1. The largest absolute Gasteiger partial charge is 0.352 e. The number of piperidine rings is 1. The summed E-state index contributed by atoms with van der Waals surface area (Å²) >= 11 is 0. The van der Waals surface area contributed by atoms with Gasteiger partial charge in [0.05, 0.1) is 5.92 Å². The number of amides is 2. The molecule has 1 heterocycles. The van der Waals surface area contributed by atoms with Gasteiger partial charge in [0.2, 0.25) is 5.91 Å². The van der Waals surface area contributed by atoms with Crippen molar-refractivity contribution in [2.45, 2.75) is 25.8 Å². The van der Waals surface area contributed by atoms with Crippen molar-refractivity contribution in [3.63, 3.8) is 0 Å². The maximum atomic E-state index is 13.5. The fourth-order valence-electron chi connectivity index (χ4n) is 4.36. The van der Waals surface area contributed by atoms with Crippen LogP contribution in [0.25, 0.3) is 0 Å². The van der Waals surface area contributed by atoms with Crippen LogP contribution in [0.3, 0.4) is 0 Å². The summed E-state index contributed by atoms with van der Waals surface area (Å²) in [4.78, 5) is 28.0. The van der Waals surface area contributed by atoms with Crippen LogP contribution in [0, 0.1) is 18.7 Å². The Morgan fingerprint density at radius 1 is 0.969 bits per heavy atom. The molecule has 1 aliphatic rings. The molecular formula is C27H27FN2O2. The van der Waals surface area contributed by atoms with Crippen molar-refractivity contribution < 1.29 is 14.0 Å². The molecule has 0 bridgehead atoms. The number of aryl methyl sites for hydroxylation is 1. The topological polar surface area (TPSA) is 49.4 Å². The summed E-state index contributed by atoms with van der Waals surface area (Å²) in [5.74, 6) is -0.770. The summed E-state index contributed by atoms with van der Waals surface area (Å²) in [6.45, 7) is 3.24. The van der Waals surface area contributed by atoms with Crippen molar-refractivity contribution in [3.05, 3.63) is 107 Å². The highest BCUT2D eigenvalue weighted by atomic mass is 19.1. The van der Waals surface area contributed by atoms with E-state index in [0.29, 0.717) is 30.6 Å². The molecular weight excluding hydrogens is 403 g/mol. The Balaban J connectivity index is 1.53. The molecule has 1 fully saturated rings. The zero-order valence-corrected chi connectivity index (χ0v) is 18.1. The molecule has 2 amide bonds. The van der Waals surface area contributed by atoms with E-state index in [1.807, 2.05) is 37.3 Å². The molecule has 2 atom stereocenters. The SMILES string of the molecule is Cc1cccc(C2CC(C(=O)NCc3cccc(F)c3)CN(C(=O)c3ccccc3)C2)c1. The van der Waals surface area contributed by atoms with Gasteiger partial charge < -0.3 is 10.2 Å². The van der Waals surface area contributed by atoms with Crippen LogP contribution < -0.4 is 5.32 Å². The van der Waals surface area contributed by atoms with Crippen LogP contribution in [0.15, 0.2) is 78.9 Å². The van der Waals surface area contributed by atoms with Gasteiger partial charge in [-0.1, -0.05) is 60.2 Å². The van der Waals surface area contributed by atoms with Gasteiger partial charge in [0.15, 0.2) is 0 Å². The smallest absolute Gasteiger partial charge is 0.253 e. The third-order valence-corrected chi connectivity index (χ3v) is 6.00. The maximum Gasteiger partial charge on any atom is 0.253 e. The van der Waals surface area contributed by atoms with Crippen LogP contribution in [0.1, 0.15) is 39.4 Å². The first-order valence-corrected chi connectivity index (χ1v) is 10.9. The lowest BCUT2D eigenvalue weighted by molar-refractivity contribution is -0.126. The van der Waals surface area contributed by atoms with Crippen LogP contribution in [0.4, 0.5) is 4.39 Å². The zero-order valence-electron chi connectivity index (χ0n) is 18.1. The third kappa shape index (κ3) is 5.22. The van der Waals surface area contributed by atoms with Crippen molar-refractivity contribution in [1.29, 1.82) is 0 Å². The lowest BCUT2D eigenvalue weighted by atomic mass is 9.83. The summed E-state index contributed by atoms with van der Waals surface area (Å²) in [5.41, 5.74) is 3.62. The highest BCUT2D eigenvalue weighted by molar-refractivity contribution is 5.94.